The van der Waals surface area contributed by atoms with Crippen molar-refractivity contribution in [3.05, 3.63) is 41.3 Å². The normalized spacial score (nSPS) is 14.1. The maximum absolute atomic E-state index is 12.3. The van der Waals surface area contributed by atoms with Crippen molar-refractivity contribution in [2.75, 3.05) is 11.9 Å². The fourth-order valence-electron chi connectivity index (χ4n) is 2.59. The van der Waals surface area contributed by atoms with E-state index in [1.165, 1.54) is 0 Å². The highest BCUT2D eigenvalue weighted by Crippen LogP contribution is 2.20. The van der Waals surface area contributed by atoms with Crippen LogP contribution in [0.1, 0.15) is 21.6 Å². The van der Waals surface area contributed by atoms with Crippen molar-refractivity contribution in [2.45, 2.75) is 13.0 Å². The van der Waals surface area contributed by atoms with E-state index in [0.29, 0.717) is 11.4 Å². The molecule has 1 aliphatic heterocycles. The van der Waals surface area contributed by atoms with E-state index in [1.807, 2.05) is 6.07 Å². The molecule has 0 fully saturated rings. The van der Waals surface area contributed by atoms with Gasteiger partial charge in [0.1, 0.15) is 0 Å². The maximum Gasteiger partial charge on any atom is 0.256 e. The van der Waals surface area contributed by atoms with E-state index in [0.717, 1.165) is 41.8 Å². The molecule has 7 nitrogen and oxygen atoms in total. The predicted octanol–water partition coefficient (Wildman–Crippen LogP) is 1.18. The molecule has 1 aromatic carbocycles. The fourth-order valence-corrected chi connectivity index (χ4v) is 2.59. The van der Waals surface area contributed by atoms with Crippen LogP contribution < -0.4 is 10.6 Å². The second-order valence-electron chi connectivity index (χ2n) is 5.04. The van der Waals surface area contributed by atoms with Crippen LogP contribution in [-0.2, 0) is 13.0 Å². The number of aromatic amines is 2. The van der Waals surface area contributed by atoms with E-state index in [1.54, 1.807) is 18.5 Å². The van der Waals surface area contributed by atoms with Crippen LogP contribution in [0.3, 0.4) is 0 Å². The largest absolute Gasteiger partial charge is 0.345 e. The SMILES string of the molecule is O=C(Nc1n[nH]c2c1CNCC2)c1ccc2nc[nH]c2c1. The predicted molar refractivity (Wildman–Crippen MR) is 78.0 cm³/mol. The van der Waals surface area contributed by atoms with Crippen LogP contribution in [0.15, 0.2) is 24.5 Å². The van der Waals surface area contributed by atoms with Crippen molar-refractivity contribution in [3.8, 4) is 0 Å². The molecule has 0 aliphatic carbocycles. The van der Waals surface area contributed by atoms with Gasteiger partial charge in [-0.25, -0.2) is 4.98 Å². The summed E-state index contributed by atoms with van der Waals surface area (Å²) in [4.78, 5) is 19.5. The number of carbonyl (C=O) groups is 1. The maximum atomic E-state index is 12.3. The summed E-state index contributed by atoms with van der Waals surface area (Å²) in [5.74, 6) is 0.429. The molecule has 0 saturated carbocycles. The number of rotatable bonds is 2. The van der Waals surface area contributed by atoms with Gasteiger partial charge < -0.3 is 15.6 Å². The first-order valence-electron chi connectivity index (χ1n) is 6.82. The van der Waals surface area contributed by atoms with Crippen LogP contribution in [0.25, 0.3) is 11.0 Å². The number of anilines is 1. The van der Waals surface area contributed by atoms with Gasteiger partial charge in [-0.3, -0.25) is 9.89 Å². The molecule has 3 aromatic rings. The topological polar surface area (TPSA) is 98.5 Å². The van der Waals surface area contributed by atoms with E-state index in [9.17, 15) is 4.79 Å². The third-order valence-electron chi connectivity index (χ3n) is 3.72. The van der Waals surface area contributed by atoms with Gasteiger partial charge in [0.15, 0.2) is 5.82 Å². The van der Waals surface area contributed by atoms with E-state index in [4.69, 9.17) is 0 Å². The van der Waals surface area contributed by atoms with Crippen LogP contribution in [0.4, 0.5) is 5.82 Å². The van der Waals surface area contributed by atoms with Gasteiger partial charge in [-0.05, 0) is 18.2 Å². The molecule has 3 heterocycles. The van der Waals surface area contributed by atoms with Gasteiger partial charge in [0.2, 0.25) is 0 Å². The van der Waals surface area contributed by atoms with Crippen molar-refractivity contribution in [1.29, 1.82) is 0 Å². The number of hydrogen-bond donors (Lipinski definition) is 4. The van der Waals surface area contributed by atoms with Crippen molar-refractivity contribution >= 4 is 22.8 Å². The fraction of sp³-hybridized carbons (Fsp3) is 0.214. The lowest BCUT2D eigenvalue weighted by atomic mass is 10.1. The van der Waals surface area contributed by atoms with E-state index < -0.39 is 0 Å². The van der Waals surface area contributed by atoms with Crippen LogP contribution >= 0.6 is 0 Å². The number of hydrogen-bond acceptors (Lipinski definition) is 4. The molecule has 106 valence electrons. The summed E-state index contributed by atoms with van der Waals surface area (Å²) in [6, 6.07) is 5.37. The lowest BCUT2D eigenvalue weighted by molar-refractivity contribution is 0.102. The van der Waals surface area contributed by atoms with Crippen molar-refractivity contribution in [3.63, 3.8) is 0 Å². The van der Waals surface area contributed by atoms with E-state index in [-0.39, 0.29) is 5.91 Å². The molecule has 0 bridgehead atoms. The summed E-state index contributed by atoms with van der Waals surface area (Å²) in [7, 11) is 0. The second-order valence-corrected chi connectivity index (χ2v) is 5.04. The van der Waals surface area contributed by atoms with Gasteiger partial charge in [-0.15, -0.1) is 0 Å². The Labute approximate surface area is 120 Å². The molecular weight excluding hydrogens is 268 g/mol. The summed E-state index contributed by atoms with van der Waals surface area (Å²) < 4.78 is 0. The standard InChI is InChI=1S/C14H14N6O/c21-14(8-1-2-11-12(5-8)17-7-16-11)18-13-9-6-15-4-3-10(9)19-20-13/h1-2,5,7,15H,3-4,6H2,(H,16,17)(H2,18,19,20,21). The van der Waals surface area contributed by atoms with Crippen LogP contribution in [0.2, 0.25) is 0 Å². The molecule has 0 spiro atoms. The Morgan fingerprint density at radius 2 is 2.29 bits per heavy atom. The molecule has 1 aliphatic rings. The minimum absolute atomic E-state index is 0.175. The first-order valence-corrected chi connectivity index (χ1v) is 6.82. The Morgan fingerprint density at radius 3 is 3.24 bits per heavy atom. The molecule has 0 saturated heterocycles. The van der Waals surface area contributed by atoms with E-state index >= 15 is 0 Å². The first kappa shape index (κ1) is 12.1. The number of amides is 1. The minimum atomic E-state index is -0.175. The highest BCUT2D eigenvalue weighted by Gasteiger charge is 2.18. The Balaban J connectivity index is 1.61. The average molecular weight is 282 g/mol. The van der Waals surface area contributed by atoms with Gasteiger partial charge in [-0.1, -0.05) is 0 Å². The van der Waals surface area contributed by atoms with Crippen LogP contribution in [0, 0.1) is 0 Å². The van der Waals surface area contributed by atoms with Crippen LogP contribution in [0.5, 0.6) is 0 Å². The molecular formula is C14H14N6O. The Morgan fingerprint density at radius 1 is 1.33 bits per heavy atom. The smallest absolute Gasteiger partial charge is 0.256 e. The van der Waals surface area contributed by atoms with Gasteiger partial charge >= 0.3 is 0 Å². The molecule has 0 radical (unpaired) electrons. The first-order chi connectivity index (χ1) is 10.3. The summed E-state index contributed by atoms with van der Waals surface area (Å²) in [5, 5.41) is 13.3. The Bertz CT molecular complexity index is 818. The summed E-state index contributed by atoms with van der Waals surface area (Å²) in [5.41, 5.74) is 4.39. The molecule has 0 atom stereocenters. The third kappa shape index (κ3) is 2.07. The third-order valence-corrected chi connectivity index (χ3v) is 3.72. The molecule has 7 heteroatoms. The Hall–Kier alpha value is -2.67. The minimum Gasteiger partial charge on any atom is -0.345 e. The van der Waals surface area contributed by atoms with Gasteiger partial charge in [0.25, 0.3) is 5.91 Å². The zero-order valence-electron chi connectivity index (χ0n) is 11.2. The number of imidazole rings is 1. The summed E-state index contributed by atoms with van der Waals surface area (Å²) in [6.45, 7) is 1.65. The number of fused-ring (bicyclic) bond motifs is 2. The van der Waals surface area contributed by atoms with E-state index in [2.05, 4.69) is 30.8 Å². The number of aromatic nitrogens is 4. The average Bonchev–Trinajstić information content (AvgIpc) is 3.13. The molecule has 1 amide bonds. The highest BCUT2D eigenvalue weighted by atomic mass is 16.1. The zero-order chi connectivity index (χ0) is 14.2. The monoisotopic (exact) mass is 282 g/mol. The lowest BCUT2D eigenvalue weighted by Gasteiger charge is -2.13. The molecule has 4 N–H and O–H groups in total. The van der Waals surface area contributed by atoms with Crippen molar-refractivity contribution in [2.24, 2.45) is 0 Å². The number of carbonyl (C=O) groups excluding carboxylic acids is 1. The van der Waals surface area contributed by atoms with Crippen LogP contribution in [-0.4, -0.2) is 32.6 Å². The number of nitrogens with one attached hydrogen (secondary N) is 4. The quantitative estimate of drug-likeness (QED) is 0.567. The zero-order valence-corrected chi connectivity index (χ0v) is 11.2. The summed E-state index contributed by atoms with van der Waals surface area (Å²) >= 11 is 0. The van der Waals surface area contributed by atoms with Gasteiger partial charge in [-0.2, -0.15) is 5.10 Å². The Kier molecular flexibility index (Phi) is 2.71. The number of H-pyrrole nitrogens is 2. The molecule has 2 aromatic heterocycles. The van der Waals surface area contributed by atoms with Gasteiger partial charge in [0, 0.05) is 36.3 Å². The number of benzene rings is 1. The molecule has 0 unspecified atom stereocenters. The highest BCUT2D eigenvalue weighted by molar-refractivity contribution is 6.05. The number of nitrogens with zero attached hydrogens (tertiary/aromatic N) is 2. The second kappa shape index (κ2) is 4.71. The molecule has 4 rings (SSSR count). The lowest BCUT2D eigenvalue weighted by Crippen LogP contribution is -2.24. The summed E-state index contributed by atoms with van der Waals surface area (Å²) in [6.07, 6.45) is 2.51. The van der Waals surface area contributed by atoms with Gasteiger partial charge in [0.05, 0.1) is 17.4 Å². The van der Waals surface area contributed by atoms with Crippen molar-refractivity contribution < 1.29 is 4.79 Å². The molecule has 21 heavy (non-hydrogen) atoms. The van der Waals surface area contributed by atoms with Crippen molar-refractivity contribution in [1.82, 2.24) is 25.5 Å².